The van der Waals surface area contributed by atoms with Crippen LogP contribution in [0.5, 0.6) is 0 Å². The largest absolute Gasteiger partial charge is 0.463 e. The Balaban J connectivity index is 1.59. The Hall–Kier alpha value is -3.55. The molecule has 8 heteroatoms. The van der Waals surface area contributed by atoms with Gasteiger partial charge in [-0.15, -0.1) is 5.10 Å². The summed E-state index contributed by atoms with van der Waals surface area (Å²) < 4.78 is 7.17. The maximum atomic E-state index is 5.42. The van der Waals surface area contributed by atoms with Crippen LogP contribution in [0.4, 0.5) is 0 Å². The van der Waals surface area contributed by atoms with E-state index in [0.717, 1.165) is 16.5 Å². The van der Waals surface area contributed by atoms with Gasteiger partial charge in [0.1, 0.15) is 12.0 Å². The zero-order valence-corrected chi connectivity index (χ0v) is 12.4. The molecule has 1 aromatic carbocycles. The molecule has 0 bridgehead atoms. The molecule has 0 amide bonds. The SMILES string of the molecule is c1coc(-c2ncnc3c2nnn3Cc2ccc3[nH]ncc3c2)c1. The molecule has 4 heterocycles. The molecule has 24 heavy (non-hydrogen) atoms. The number of aromatic amines is 1. The van der Waals surface area contributed by atoms with Gasteiger partial charge >= 0.3 is 0 Å². The number of furan rings is 1. The van der Waals surface area contributed by atoms with Gasteiger partial charge in [0.2, 0.25) is 0 Å². The summed E-state index contributed by atoms with van der Waals surface area (Å²) in [6, 6.07) is 9.76. The smallest absolute Gasteiger partial charge is 0.182 e. The predicted molar refractivity (Wildman–Crippen MR) is 86.0 cm³/mol. The van der Waals surface area contributed by atoms with Crippen molar-refractivity contribution in [1.82, 2.24) is 35.2 Å². The van der Waals surface area contributed by atoms with E-state index < -0.39 is 0 Å². The molecular weight excluding hydrogens is 306 g/mol. The highest BCUT2D eigenvalue weighted by Crippen LogP contribution is 2.24. The topological polar surface area (TPSA) is 98.3 Å². The highest BCUT2D eigenvalue weighted by Gasteiger charge is 2.15. The van der Waals surface area contributed by atoms with Crippen molar-refractivity contribution < 1.29 is 4.42 Å². The van der Waals surface area contributed by atoms with Crippen molar-refractivity contribution in [2.75, 3.05) is 0 Å². The van der Waals surface area contributed by atoms with Crippen LogP contribution in [0.2, 0.25) is 0 Å². The summed E-state index contributed by atoms with van der Waals surface area (Å²) in [5.41, 5.74) is 4.03. The van der Waals surface area contributed by atoms with Gasteiger partial charge in [0, 0.05) is 5.39 Å². The van der Waals surface area contributed by atoms with E-state index in [0.29, 0.717) is 29.2 Å². The van der Waals surface area contributed by atoms with E-state index in [4.69, 9.17) is 4.42 Å². The van der Waals surface area contributed by atoms with Crippen LogP contribution in [-0.4, -0.2) is 35.2 Å². The van der Waals surface area contributed by atoms with Crippen molar-refractivity contribution in [3.05, 3.63) is 54.7 Å². The van der Waals surface area contributed by atoms with Gasteiger partial charge < -0.3 is 4.42 Å². The summed E-state index contributed by atoms with van der Waals surface area (Å²) in [4.78, 5) is 8.60. The second-order valence-electron chi connectivity index (χ2n) is 5.41. The Bertz CT molecular complexity index is 1140. The fourth-order valence-electron chi connectivity index (χ4n) is 2.76. The second kappa shape index (κ2) is 4.98. The lowest BCUT2D eigenvalue weighted by Crippen LogP contribution is -2.03. The molecule has 0 aliphatic heterocycles. The van der Waals surface area contributed by atoms with Crippen molar-refractivity contribution in [3.8, 4) is 11.5 Å². The molecule has 0 aliphatic carbocycles. The number of hydrogen-bond acceptors (Lipinski definition) is 6. The van der Waals surface area contributed by atoms with E-state index in [2.05, 4.69) is 36.5 Å². The van der Waals surface area contributed by atoms with Gasteiger partial charge in [-0.3, -0.25) is 5.10 Å². The molecule has 5 aromatic rings. The lowest BCUT2D eigenvalue weighted by atomic mass is 10.1. The Morgan fingerprint density at radius 3 is 3.08 bits per heavy atom. The maximum absolute atomic E-state index is 5.42. The minimum absolute atomic E-state index is 0.562. The van der Waals surface area contributed by atoms with Gasteiger partial charge in [0.15, 0.2) is 16.9 Å². The fourth-order valence-corrected chi connectivity index (χ4v) is 2.76. The first kappa shape index (κ1) is 12.9. The van der Waals surface area contributed by atoms with E-state index in [1.54, 1.807) is 17.1 Å². The van der Waals surface area contributed by atoms with E-state index in [1.807, 2.05) is 24.3 Å². The quantitative estimate of drug-likeness (QED) is 0.548. The zero-order valence-electron chi connectivity index (χ0n) is 12.4. The fraction of sp³-hybridized carbons (Fsp3) is 0.0625. The highest BCUT2D eigenvalue weighted by atomic mass is 16.3. The van der Waals surface area contributed by atoms with E-state index in [-0.39, 0.29) is 0 Å². The summed E-state index contributed by atoms with van der Waals surface area (Å²) in [5, 5.41) is 16.5. The molecule has 0 saturated carbocycles. The third-order valence-electron chi connectivity index (χ3n) is 3.89. The zero-order chi connectivity index (χ0) is 15.9. The number of nitrogens with one attached hydrogen (secondary N) is 1. The van der Waals surface area contributed by atoms with Crippen LogP contribution in [-0.2, 0) is 6.54 Å². The molecule has 0 spiro atoms. The predicted octanol–water partition coefficient (Wildman–Crippen LogP) is 2.41. The van der Waals surface area contributed by atoms with Gasteiger partial charge in [-0.25, -0.2) is 14.6 Å². The van der Waals surface area contributed by atoms with Crippen LogP contribution in [0.3, 0.4) is 0 Å². The van der Waals surface area contributed by atoms with Crippen LogP contribution in [0.15, 0.2) is 53.5 Å². The molecule has 0 fully saturated rings. The number of benzene rings is 1. The molecule has 5 rings (SSSR count). The van der Waals surface area contributed by atoms with Gasteiger partial charge in [0.25, 0.3) is 0 Å². The van der Waals surface area contributed by atoms with Crippen molar-refractivity contribution >= 4 is 22.1 Å². The molecular formula is C16H11N7O. The minimum Gasteiger partial charge on any atom is -0.463 e. The Morgan fingerprint density at radius 2 is 2.17 bits per heavy atom. The Labute approximate surface area is 135 Å². The summed E-state index contributed by atoms with van der Waals surface area (Å²) in [6.07, 6.45) is 4.91. The first-order chi connectivity index (χ1) is 11.9. The van der Waals surface area contributed by atoms with Crippen LogP contribution in [0.1, 0.15) is 5.56 Å². The Kier molecular flexibility index (Phi) is 2.69. The normalized spacial score (nSPS) is 11.5. The second-order valence-corrected chi connectivity index (χ2v) is 5.41. The van der Waals surface area contributed by atoms with Crippen LogP contribution in [0, 0.1) is 0 Å². The first-order valence-corrected chi connectivity index (χ1v) is 7.38. The van der Waals surface area contributed by atoms with Crippen LogP contribution < -0.4 is 0 Å². The highest BCUT2D eigenvalue weighted by molar-refractivity contribution is 5.84. The van der Waals surface area contributed by atoms with E-state index in [1.165, 1.54) is 6.33 Å². The number of aromatic nitrogens is 7. The van der Waals surface area contributed by atoms with E-state index >= 15 is 0 Å². The third kappa shape index (κ3) is 1.97. The lowest BCUT2D eigenvalue weighted by Gasteiger charge is -2.03. The number of fused-ring (bicyclic) bond motifs is 2. The number of nitrogens with zero attached hydrogens (tertiary/aromatic N) is 6. The van der Waals surface area contributed by atoms with Gasteiger partial charge in [-0.2, -0.15) is 5.10 Å². The lowest BCUT2D eigenvalue weighted by molar-refractivity contribution is 0.580. The molecule has 0 aliphatic rings. The third-order valence-corrected chi connectivity index (χ3v) is 3.89. The number of H-pyrrole nitrogens is 1. The minimum atomic E-state index is 0.562. The van der Waals surface area contributed by atoms with E-state index in [9.17, 15) is 0 Å². The average Bonchev–Trinajstić information content (AvgIpc) is 3.35. The van der Waals surface area contributed by atoms with Gasteiger partial charge in [0.05, 0.1) is 24.5 Å². The van der Waals surface area contributed by atoms with Gasteiger partial charge in [-0.05, 0) is 29.8 Å². The molecule has 0 radical (unpaired) electrons. The first-order valence-electron chi connectivity index (χ1n) is 7.38. The average molecular weight is 317 g/mol. The molecule has 8 nitrogen and oxygen atoms in total. The van der Waals surface area contributed by atoms with Gasteiger partial charge in [-0.1, -0.05) is 11.3 Å². The Morgan fingerprint density at radius 1 is 1.17 bits per heavy atom. The molecule has 0 atom stereocenters. The summed E-state index contributed by atoms with van der Waals surface area (Å²) in [5.74, 6) is 0.647. The van der Waals surface area contributed by atoms with Crippen molar-refractivity contribution in [2.45, 2.75) is 6.54 Å². The number of rotatable bonds is 3. The summed E-state index contributed by atoms with van der Waals surface area (Å²) in [7, 11) is 0. The summed E-state index contributed by atoms with van der Waals surface area (Å²) in [6.45, 7) is 0.562. The molecule has 1 N–H and O–H groups in total. The maximum Gasteiger partial charge on any atom is 0.182 e. The molecule has 0 saturated heterocycles. The van der Waals surface area contributed by atoms with Crippen molar-refractivity contribution in [2.24, 2.45) is 0 Å². The molecule has 116 valence electrons. The monoisotopic (exact) mass is 317 g/mol. The van der Waals surface area contributed by atoms with Crippen LogP contribution >= 0.6 is 0 Å². The molecule has 4 aromatic heterocycles. The molecule has 0 unspecified atom stereocenters. The standard InChI is InChI=1S/C16H11N7O/c1-2-13(24-5-1)14-15-16(18-9-17-14)23(22-21-15)8-10-3-4-12-11(6-10)7-19-20-12/h1-7,9H,8H2,(H,19,20). The van der Waals surface area contributed by atoms with Crippen molar-refractivity contribution in [1.29, 1.82) is 0 Å². The van der Waals surface area contributed by atoms with Crippen molar-refractivity contribution in [3.63, 3.8) is 0 Å². The van der Waals surface area contributed by atoms with Crippen LogP contribution in [0.25, 0.3) is 33.5 Å². The summed E-state index contributed by atoms with van der Waals surface area (Å²) >= 11 is 0. The number of hydrogen-bond donors (Lipinski definition) is 1.